The van der Waals surface area contributed by atoms with Crippen molar-refractivity contribution in [2.75, 3.05) is 36.0 Å². The first-order valence-corrected chi connectivity index (χ1v) is 16.0. The minimum atomic E-state index is -1.01. The van der Waals surface area contributed by atoms with E-state index in [1.807, 2.05) is 48.7 Å². The molecule has 2 aliphatic heterocycles. The van der Waals surface area contributed by atoms with Crippen molar-refractivity contribution in [1.29, 1.82) is 0 Å². The van der Waals surface area contributed by atoms with E-state index in [9.17, 15) is 4.79 Å². The fraction of sp³-hybridized carbons (Fsp3) is 0.231. The van der Waals surface area contributed by atoms with Crippen molar-refractivity contribution in [2.45, 2.75) is 33.2 Å². The molecule has 1 spiro atoms. The number of hydrogen-bond acceptors (Lipinski definition) is 5. The normalized spacial score (nSPS) is 14.4. The molecule has 0 atom stereocenters. The molecule has 2 aliphatic rings. The van der Waals surface area contributed by atoms with Crippen molar-refractivity contribution >= 4 is 34.3 Å². The molecule has 5 aromatic carbocycles. The number of nitrogens with zero attached hydrogens (tertiary/aromatic N) is 4. The molecule has 0 aliphatic carbocycles. The third kappa shape index (κ3) is 4.39. The average Bonchev–Trinajstić information content (AvgIpc) is 3.32. The van der Waals surface area contributed by atoms with Gasteiger partial charge >= 0.3 is 0 Å². The molecule has 2 heterocycles. The lowest BCUT2D eigenvalue weighted by Crippen LogP contribution is -2.44. The molecule has 0 unspecified atom stereocenters. The molecule has 1 amide bonds. The van der Waals surface area contributed by atoms with Gasteiger partial charge in [0.25, 0.3) is 5.91 Å². The standard InChI is InChI=1S/C39H38N4O2/c1-5-41(6-2)29-20-22-34-36(24-29)45-37-25-30(42(7-3)8-4)21-23-35(37)39(34)33-19-12-11-18-32(33)38(44)43(39)40-26-28-16-13-15-27-14-9-10-17-31(27)28/h9-26H,5-8H2,1-4H3/b40-26+. The molecule has 5 aromatic rings. The monoisotopic (exact) mass is 594 g/mol. The molecule has 0 aromatic heterocycles. The minimum absolute atomic E-state index is 0.137. The van der Waals surface area contributed by atoms with Gasteiger partial charge in [-0.3, -0.25) is 4.79 Å². The highest BCUT2D eigenvalue weighted by Crippen LogP contribution is 2.58. The maximum Gasteiger partial charge on any atom is 0.275 e. The molecule has 226 valence electrons. The van der Waals surface area contributed by atoms with E-state index in [1.54, 1.807) is 5.01 Å². The Balaban J connectivity index is 1.50. The van der Waals surface area contributed by atoms with Gasteiger partial charge in [0.1, 0.15) is 17.0 Å². The topological polar surface area (TPSA) is 48.4 Å². The van der Waals surface area contributed by atoms with Crippen molar-refractivity contribution in [3.05, 3.63) is 131 Å². The molecular formula is C39H38N4O2. The average molecular weight is 595 g/mol. The van der Waals surface area contributed by atoms with Gasteiger partial charge in [-0.05, 0) is 56.7 Å². The Kier molecular flexibility index (Phi) is 7.28. The van der Waals surface area contributed by atoms with Crippen LogP contribution in [-0.4, -0.2) is 43.3 Å². The largest absolute Gasteiger partial charge is 0.456 e. The van der Waals surface area contributed by atoms with Crippen molar-refractivity contribution in [1.82, 2.24) is 5.01 Å². The number of hydrazone groups is 1. The summed E-state index contributed by atoms with van der Waals surface area (Å²) in [5.74, 6) is 1.33. The highest BCUT2D eigenvalue weighted by atomic mass is 16.5. The molecule has 7 rings (SSSR count). The number of benzene rings is 5. The van der Waals surface area contributed by atoms with Crippen LogP contribution in [0.1, 0.15) is 60.3 Å². The lowest BCUT2D eigenvalue weighted by atomic mass is 9.75. The van der Waals surface area contributed by atoms with Crippen LogP contribution < -0.4 is 14.5 Å². The van der Waals surface area contributed by atoms with E-state index in [1.165, 1.54) is 0 Å². The predicted octanol–water partition coefficient (Wildman–Crippen LogP) is 8.42. The van der Waals surface area contributed by atoms with E-state index in [0.29, 0.717) is 5.56 Å². The van der Waals surface area contributed by atoms with E-state index < -0.39 is 5.54 Å². The molecule has 6 nitrogen and oxygen atoms in total. The van der Waals surface area contributed by atoms with E-state index in [2.05, 4.69) is 98.2 Å². The molecular weight excluding hydrogens is 556 g/mol. The van der Waals surface area contributed by atoms with Gasteiger partial charge in [0.05, 0.1) is 6.21 Å². The Bertz CT molecular complexity index is 1870. The summed E-state index contributed by atoms with van der Waals surface area (Å²) in [6.07, 6.45) is 1.83. The summed E-state index contributed by atoms with van der Waals surface area (Å²) >= 11 is 0. The first kappa shape index (κ1) is 28.7. The zero-order valence-corrected chi connectivity index (χ0v) is 26.3. The van der Waals surface area contributed by atoms with Gasteiger partial charge in [-0.2, -0.15) is 5.10 Å². The maximum absolute atomic E-state index is 14.5. The number of ether oxygens (including phenoxy) is 1. The van der Waals surface area contributed by atoms with Crippen LogP contribution in [0.15, 0.2) is 108 Å². The van der Waals surface area contributed by atoms with E-state index in [0.717, 1.165) is 82.1 Å². The highest BCUT2D eigenvalue weighted by molar-refractivity contribution is 6.04. The van der Waals surface area contributed by atoms with E-state index in [4.69, 9.17) is 9.84 Å². The molecule has 0 saturated heterocycles. The second kappa shape index (κ2) is 11.4. The van der Waals surface area contributed by atoms with Crippen LogP contribution in [0.3, 0.4) is 0 Å². The fourth-order valence-electron chi connectivity index (χ4n) is 7.13. The minimum Gasteiger partial charge on any atom is -0.456 e. The first-order chi connectivity index (χ1) is 22.0. The van der Waals surface area contributed by atoms with Crippen LogP contribution in [-0.2, 0) is 5.54 Å². The summed E-state index contributed by atoms with van der Waals surface area (Å²) in [6.45, 7) is 12.2. The summed E-state index contributed by atoms with van der Waals surface area (Å²) in [4.78, 5) is 19.1. The number of carbonyl (C=O) groups excluding carboxylic acids is 1. The lowest BCUT2D eigenvalue weighted by Gasteiger charge is -2.42. The molecule has 0 saturated carbocycles. The molecule has 0 radical (unpaired) electrons. The molecule has 0 N–H and O–H groups in total. The van der Waals surface area contributed by atoms with Gasteiger partial charge in [0.15, 0.2) is 0 Å². The zero-order chi connectivity index (χ0) is 31.1. The second-order valence-electron chi connectivity index (χ2n) is 11.5. The van der Waals surface area contributed by atoms with Gasteiger partial charge in [0, 0.05) is 77.5 Å². The SMILES string of the molecule is CCN(CC)c1ccc2c(c1)Oc1cc(N(CC)CC)ccc1C21c2ccccc2C(=O)N1/N=C/c1cccc2ccccc12. The third-order valence-corrected chi connectivity index (χ3v) is 9.38. The van der Waals surface area contributed by atoms with Crippen LogP contribution in [0, 0.1) is 0 Å². The number of amides is 1. The number of hydrogen-bond donors (Lipinski definition) is 0. The van der Waals surface area contributed by atoms with Gasteiger partial charge < -0.3 is 14.5 Å². The number of rotatable bonds is 8. The summed E-state index contributed by atoms with van der Waals surface area (Å²) in [6, 6.07) is 35.1. The van der Waals surface area contributed by atoms with Gasteiger partial charge in [-0.25, -0.2) is 5.01 Å². The van der Waals surface area contributed by atoms with Crippen LogP contribution >= 0.6 is 0 Å². The number of carbonyl (C=O) groups is 1. The van der Waals surface area contributed by atoms with E-state index >= 15 is 0 Å². The summed E-state index contributed by atoms with van der Waals surface area (Å²) < 4.78 is 6.80. The van der Waals surface area contributed by atoms with Crippen molar-refractivity contribution in [3.8, 4) is 11.5 Å². The summed E-state index contributed by atoms with van der Waals surface area (Å²) in [5.41, 5.74) is 5.45. The summed E-state index contributed by atoms with van der Waals surface area (Å²) in [7, 11) is 0. The molecule has 0 bridgehead atoms. The third-order valence-electron chi connectivity index (χ3n) is 9.38. The van der Waals surface area contributed by atoms with Crippen molar-refractivity contribution in [2.24, 2.45) is 5.10 Å². The first-order valence-electron chi connectivity index (χ1n) is 16.0. The van der Waals surface area contributed by atoms with Gasteiger partial charge in [-0.15, -0.1) is 0 Å². The fourth-order valence-corrected chi connectivity index (χ4v) is 7.13. The van der Waals surface area contributed by atoms with Crippen LogP contribution in [0.4, 0.5) is 11.4 Å². The molecule has 45 heavy (non-hydrogen) atoms. The van der Waals surface area contributed by atoms with Crippen molar-refractivity contribution < 1.29 is 9.53 Å². The lowest BCUT2D eigenvalue weighted by molar-refractivity contribution is 0.0675. The van der Waals surface area contributed by atoms with Crippen LogP contribution in [0.5, 0.6) is 11.5 Å². The zero-order valence-electron chi connectivity index (χ0n) is 26.3. The van der Waals surface area contributed by atoms with Gasteiger partial charge in [-0.1, -0.05) is 72.8 Å². The Morgan fingerprint density at radius 3 is 1.91 bits per heavy atom. The Morgan fingerprint density at radius 1 is 0.689 bits per heavy atom. The Labute approximate surface area is 265 Å². The second-order valence-corrected chi connectivity index (χ2v) is 11.5. The summed E-state index contributed by atoms with van der Waals surface area (Å²) in [5, 5.41) is 8.98. The highest BCUT2D eigenvalue weighted by Gasteiger charge is 2.57. The van der Waals surface area contributed by atoms with E-state index in [-0.39, 0.29) is 5.91 Å². The quantitative estimate of drug-likeness (QED) is 0.169. The number of fused-ring (bicyclic) bond motifs is 7. The molecule has 6 heteroatoms. The Morgan fingerprint density at radius 2 is 1.27 bits per heavy atom. The number of anilines is 2. The predicted molar refractivity (Wildman–Crippen MR) is 184 cm³/mol. The van der Waals surface area contributed by atoms with Crippen molar-refractivity contribution in [3.63, 3.8) is 0 Å². The van der Waals surface area contributed by atoms with Gasteiger partial charge in [0.2, 0.25) is 0 Å². The smallest absolute Gasteiger partial charge is 0.275 e. The van der Waals surface area contributed by atoms with Crippen LogP contribution in [0.2, 0.25) is 0 Å². The Hall–Kier alpha value is -5.10. The molecule has 0 fully saturated rings. The maximum atomic E-state index is 14.5. The van der Waals surface area contributed by atoms with Crippen LogP contribution in [0.25, 0.3) is 10.8 Å².